The monoisotopic (exact) mass is 387 g/mol. The Kier molecular flexibility index (Phi) is 5.20. The number of amidine groups is 1. The van der Waals surface area contributed by atoms with Gasteiger partial charge in [0.05, 0.1) is 19.0 Å². The molecule has 0 saturated carbocycles. The standard InChI is InChI=1S/C22H21N5O2/c23-21(24)16-5-6-20-19(11-16)18(13-29-20)7-9-25-22(28)15-3-1-14(2-4-15)17-8-10-26-27-12-17/h1-6,8,10-12,18H,7,9,13H2,(H3,23,24)(H,25,28). The molecule has 0 fully saturated rings. The second-order valence-corrected chi connectivity index (χ2v) is 6.93. The molecule has 1 aliphatic heterocycles. The Hall–Kier alpha value is -3.74. The summed E-state index contributed by atoms with van der Waals surface area (Å²) in [6.07, 6.45) is 4.08. The fraction of sp³-hybridized carbons (Fsp3) is 0.182. The number of nitrogens with zero attached hydrogens (tertiary/aromatic N) is 2. The molecule has 4 N–H and O–H groups in total. The van der Waals surface area contributed by atoms with Crippen molar-refractivity contribution in [3.63, 3.8) is 0 Å². The van der Waals surface area contributed by atoms with E-state index < -0.39 is 0 Å². The Balaban J connectivity index is 1.34. The molecule has 1 unspecified atom stereocenters. The van der Waals surface area contributed by atoms with Gasteiger partial charge in [-0.1, -0.05) is 12.1 Å². The third-order valence-corrected chi connectivity index (χ3v) is 5.04. The number of aromatic nitrogens is 2. The summed E-state index contributed by atoms with van der Waals surface area (Å²) in [4.78, 5) is 12.4. The zero-order valence-electron chi connectivity index (χ0n) is 15.8. The molecule has 0 aliphatic carbocycles. The van der Waals surface area contributed by atoms with E-state index >= 15 is 0 Å². The molecule has 0 radical (unpaired) electrons. The van der Waals surface area contributed by atoms with Gasteiger partial charge in [-0.3, -0.25) is 10.2 Å². The normalized spacial score (nSPS) is 14.7. The van der Waals surface area contributed by atoms with Crippen molar-refractivity contribution in [3.8, 4) is 16.9 Å². The van der Waals surface area contributed by atoms with Gasteiger partial charge in [0.25, 0.3) is 5.91 Å². The molecule has 2 heterocycles. The van der Waals surface area contributed by atoms with E-state index in [0.717, 1.165) is 28.9 Å². The van der Waals surface area contributed by atoms with Crippen LogP contribution in [-0.4, -0.2) is 35.1 Å². The molecule has 3 aromatic rings. The average Bonchev–Trinajstić information content (AvgIpc) is 3.16. The van der Waals surface area contributed by atoms with Crippen molar-refractivity contribution >= 4 is 11.7 Å². The van der Waals surface area contributed by atoms with Gasteiger partial charge in [-0.15, -0.1) is 0 Å². The van der Waals surface area contributed by atoms with Crippen LogP contribution < -0.4 is 15.8 Å². The lowest BCUT2D eigenvalue weighted by Gasteiger charge is -2.11. The highest BCUT2D eigenvalue weighted by Gasteiger charge is 2.24. The summed E-state index contributed by atoms with van der Waals surface area (Å²) < 4.78 is 5.71. The van der Waals surface area contributed by atoms with E-state index in [-0.39, 0.29) is 17.7 Å². The molecule has 146 valence electrons. The van der Waals surface area contributed by atoms with Gasteiger partial charge >= 0.3 is 0 Å². The van der Waals surface area contributed by atoms with Crippen LogP contribution in [0.25, 0.3) is 11.1 Å². The van der Waals surface area contributed by atoms with Gasteiger partial charge in [-0.25, -0.2) is 0 Å². The van der Waals surface area contributed by atoms with Gasteiger partial charge in [0.2, 0.25) is 0 Å². The predicted molar refractivity (Wildman–Crippen MR) is 110 cm³/mol. The quantitative estimate of drug-likeness (QED) is 0.444. The Morgan fingerprint density at radius 2 is 1.90 bits per heavy atom. The van der Waals surface area contributed by atoms with Gasteiger partial charge in [0.15, 0.2) is 0 Å². The van der Waals surface area contributed by atoms with Crippen molar-refractivity contribution < 1.29 is 9.53 Å². The molecule has 1 aliphatic rings. The lowest BCUT2D eigenvalue weighted by atomic mass is 9.96. The predicted octanol–water partition coefficient (Wildman–Crippen LogP) is 2.72. The molecule has 7 nitrogen and oxygen atoms in total. The summed E-state index contributed by atoms with van der Waals surface area (Å²) in [6.45, 7) is 1.11. The molecule has 0 bridgehead atoms. The Morgan fingerprint density at radius 3 is 2.62 bits per heavy atom. The number of nitrogens with two attached hydrogens (primary N) is 1. The van der Waals surface area contributed by atoms with E-state index in [4.69, 9.17) is 15.9 Å². The zero-order chi connectivity index (χ0) is 20.2. The van der Waals surface area contributed by atoms with Crippen molar-refractivity contribution in [2.24, 2.45) is 5.73 Å². The molecule has 4 rings (SSSR count). The molecule has 1 atom stereocenters. The third-order valence-electron chi connectivity index (χ3n) is 5.04. The first-order valence-corrected chi connectivity index (χ1v) is 9.38. The van der Waals surface area contributed by atoms with Crippen LogP contribution >= 0.6 is 0 Å². The van der Waals surface area contributed by atoms with Crippen LogP contribution in [0.5, 0.6) is 5.75 Å². The van der Waals surface area contributed by atoms with Crippen molar-refractivity contribution in [1.82, 2.24) is 15.5 Å². The lowest BCUT2D eigenvalue weighted by molar-refractivity contribution is 0.0952. The smallest absolute Gasteiger partial charge is 0.251 e. The van der Waals surface area contributed by atoms with Crippen LogP contribution in [0.4, 0.5) is 0 Å². The number of carbonyl (C=O) groups excluding carboxylic acids is 1. The van der Waals surface area contributed by atoms with Gasteiger partial charge in [0, 0.05) is 34.7 Å². The SMILES string of the molecule is N=C(N)c1ccc2c(c1)C(CCNC(=O)c1ccc(-c3ccnnc3)cc1)CO2. The number of carbonyl (C=O) groups is 1. The number of hydrogen-bond donors (Lipinski definition) is 3. The molecule has 2 aromatic carbocycles. The van der Waals surface area contributed by atoms with Crippen molar-refractivity contribution in [1.29, 1.82) is 5.41 Å². The van der Waals surface area contributed by atoms with E-state index in [1.54, 1.807) is 30.6 Å². The van der Waals surface area contributed by atoms with E-state index in [2.05, 4.69) is 15.5 Å². The highest BCUT2D eigenvalue weighted by molar-refractivity contribution is 5.95. The van der Waals surface area contributed by atoms with E-state index in [1.165, 1.54) is 0 Å². The maximum atomic E-state index is 12.4. The summed E-state index contributed by atoms with van der Waals surface area (Å²) >= 11 is 0. The minimum absolute atomic E-state index is 0.0396. The number of fused-ring (bicyclic) bond motifs is 1. The van der Waals surface area contributed by atoms with Crippen molar-refractivity contribution in [3.05, 3.63) is 77.6 Å². The maximum Gasteiger partial charge on any atom is 0.251 e. The van der Waals surface area contributed by atoms with Gasteiger partial charge < -0.3 is 15.8 Å². The second kappa shape index (κ2) is 8.10. The molecule has 1 aromatic heterocycles. The Bertz CT molecular complexity index is 1030. The molecule has 0 spiro atoms. The minimum atomic E-state index is -0.110. The Morgan fingerprint density at radius 1 is 1.10 bits per heavy atom. The van der Waals surface area contributed by atoms with E-state index in [0.29, 0.717) is 24.3 Å². The van der Waals surface area contributed by atoms with Crippen LogP contribution in [0.1, 0.15) is 33.8 Å². The summed E-state index contributed by atoms with van der Waals surface area (Å²) in [5, 5.41) is 18.2. The summed E-state index contributed by atoms with van der Waals surface area (Å²) in [5.74, 6) is 0.928. The highest BCUT2D eigenvalue weighted by Crippen LogP contribution is 2.36. The first-order valence-electron chi connectivity index (χ1n) is 9.38. The third kappa shape index (κ3) is 4.08. The molecule has 29 heavy (non-hydrogen) atoms. The fourth-order valence-corrected chi connectivity index (χ4v) is 3.42. The largest absolute Gasteiger partial charge is 0.493 e. The lowest BCUT2D eigenvalue weighted by Crippen LogP contribution is -2.25. The zero-order valence-corrected chi connectivity index (χ0v) is 15.8. The van der Waals surface area contributed by atoms with Crippen LogP contribution in [0.3, 0.4) is 0 Å². The van der Waals surface area contributed by atoms with Crippen molar-refractivity contribution in [2.75, 3.05) is 13.2 Å². The summed E-state index contributed by atoms with van der Waals surface area (Å²) in [6, 6.07) is 14.8. The van der Waals surface area contributed by atoms with Crippen LogP contribution in [0.2, 0.25) is 0 Å². The number of amides is 1. The minimum Gasteiger partial charge on any atom is -0.493 e. The van der Waals surface area contributed by atoms with Gasteiger partial charge in [-0.05, 0) is 48.4 Å². The van der Waals surface area contributed by atoms with E-state index in [1.807, 2.05) is 30.3 Å². The van der Waals surface area contributed by atoms with Crippen LogP contribution in [0, 0.1) is 5.41 Å². The molecule has 1 amide bonds. The van der Waals surface area contributed by atoms with Gasteiger partial charge in [0.1, 0.15) is 11.6 Å². The molecular formula is C22H21N5O2. The fourth-order valence-electron chi connectivity index (χ4n) is 3.42. The number of nitrogens with one attached hydrogen (secondary N) is 2. The van der Waals surface area contributed by atoms with Crippen LogP contribution in [0.15, 0.2) is 60.9 Å². The van der Waals surface area contributed by atoms with Gasteiger partial charge in [-0.2, -0.15) is 10.2 Å². The molecular weight excluding hydrogens is 366 g/mol. The number of hydrogen-bond acceptors (Lipinski definition) is 5. The number of rotatable bonds is 6. The number of nitrogen functional groups attached to an aromatic ring is 1. The first-order chi connectivity index (χ1) is 14.1. The Labute approximate surface area is 168 Å². The summed E-state index contributed by atoms with van der Waals surface area (Å²) in [5.41, 5.74) is 9.86. The number of ether oxygens (including phenoxy) is 1. The van der Waals surface area contributed by atoms with E-state index in [9.17, 15) is 4.79 Å². The van der Waals surface area contributed by atoms with Crippen molar-refractivity contribution in [2.45, 2.75) is 12.3 Å². The topological polar surface area (TPSA) is 114 Å². The van der Waals surface area contributed by atoms with Crippen LogP contribution in [-0.2, 0) is 0 Å². The summed E-state index contributed by atoms with van der Waals surface area (Å²) in [7, 11) is 0. The highest BCUT2D eigenvalue weighted by atomic mass is 16.5. The average molecular weight is 387 g/mol. The second-order valence-electron chi connectivity index (χ2n) is 6.93. The number of benzene rings is 2. The maximum absolute atomic E-state index is 12.4. The first kappa shape index (κ1) is 18.6. The molecule has 7 heteroatoms. The molecule has 0 saturated heterocycles.